The average molecular weight is 1640 g/mol. The molecule has 0 aliphatic heterocycles. The van der Waals surface area contributed by atoms with Crippen LogP contribution in [0.4, 0.5) is 17.6 Å². The molecular formula is C89H57Cl9F4N4O4. The Hall–Kier alpha value is -10.2. The molecule has 0 aliphatic rings. The van der Waals surface area contributed by atoms with Crippen molar-refractivity contribution in [2.24, 2.45) is 0 Å². The molecular weight excluding hydrogens is 1580 g/mol. The van der Waals surface area contributed by atoms with Crippen LogP contribution in [0.2, 0.25) is 45.2 Å². The van der Waals surface area contributed by atoms with Crippen LogP contribution in [0.15, 0.2) is 256 Å². The Balaban J connectivity index is 0.000000129. The summed E-state index contributed by atoms with van der Waals surface area (Å²) in [6.07, 6.45) is 7.37. The van der Waals surface area contributed by atoms with Gasteiger partial charge in [0.05, 0.1) is 62.4 Å². The smallest absolute Gasteiger partial charge is 0.256 e. The topological polar surface area (TPSA) is 131 Å². The Morgan fingerprint density at radius 2 is 0.536 bits per heavy atom. The third-order valence-corrected chi connectivity index (χ3v) is 21.8. The molecule has 0 amide bonds. The number of rotatable bonds is 9. The molecule has 0 radical (unpaired) electrons. The van der Waals surface area contributed by atoms with Gasteiger partial charge in [-0.25, -0.2) is 17.6 Å². The molecule has 548 valence electrons. The summed E-state index contributed by atoms with van der Waals surface area (Å²) < 4.78 is 55.6. The van der Waals surface area contributed by atoms with Crippen molar-refractivity contribution in [3.05, 3.63) is 369 Å². The molecule has 16 rings (SSSR count). The number of aromatic amines is 4. The van der Waals surface area contributed by atoms with E-state index >= 15 is 0 Å². The van der Waals surface area contributed by atoms with Crippen LogP contribution >= 0.6 is 104 Å². The van der Waals surface area contributed by atoms with Crippen LogP contribution in [0.5, 0.6) is 0 Å². The molecule has 0 spiro atoms. The van der Waals surface area contributed by atoms with E-state index in [1.165, 1.54) is 36.5 Å². The Morgan fingerprint density at radius 3 is 0.855 bits per heavy atom. The van der Waals surface area contributed by atoms with Gasteiger partial charge in [-0.05, 0) is 195 Å². The summed E-state index contributed by atoms with van der Waals surface area (Å²) in [5, 5.41) is 9.80. The number of aryl methyl sites for hydroxylation is 3. The zero-order valence-electron chi connectivity index (χ0n) is 58.3. The lowest BCUT2D eigenvalue weighted by atomic mass is 9.92. The summed E-state index contributed by atoms with van der Waals surface area (Å²) in [7, 11) is 0. The second-order valence-corrected chi connectivity index (χ2v) is 29.2. The van der Waals surface area contributed by atoms with E-state index in [1.54, 1.807) is 129 Å². The number of halogens is 13. The maximum atomic E-state index is 14.6. The summed E-state index contributed by atoms with van der Waals surface area (Å²) >= 11 is 57.3. The highest BCUT2D eigenvalue weighted by atomic mass is 35.5. The fraction of sp³-hybridized carbons (Fsp3) is 0.0562. The molecule has 0 bridgehead atoms. The average Bonchev–Trinajstić information content (AvgIpc) is 0.770. The van der Waals surface area contributed by atoms with E-state index in [0.29, 0.717) is 101 Å². The van der Waals surface area contributed by atoms with Gasteiger partial charge in [0.1, 0.15) is 11.6 Å². The molecule has 4 heterocycles. The number of H-pyrrole nitrogens is 4. The van der Waals surface area contributed by atoms with E-state index in [9.17, 15) is 36.7 Å². The van der Waals surface area contributed by atoms with Crippen molar-refractivity contribution in [2.75, 3.05) is 0 Å². The summed E-state index contributed by atoms with van der Waals surface area (Å²) in [4.78, 5) is 61.9. The van der Waals surface area contributed by atoms with Gasteiger partial charge in [-0.2, -0.15) is 0 Å². The lowest BCUT2D eigenvalue weighted by Gasteiger charge is -2.15. The van der Waals surface area contributed by atoms with Crippen LogP contribution in [-0.4, -0.2) is 19.9 Å². The summed E-state index contributed by atoms with van der Waals surface area (Å²) in [5.74, 6) is -2.44. The zero-order valence-corrected chi connectivity index (χ0v) is 65.1. The van der Waals surface area contributed by atoms with E-state index < -0.39 is 11.6 Å². The van der Waals surface area contributed by atoms with Crippen molar-refractivity contribution in [1.29, 1.82) is 0 Å². The van der Waals surface area contributed by atoms with Crippen LogP contribution in [0.3, 0.4) is 0 Å². The minimum atomic E-state index is -0.934. The predicted molar refractivity (Wildman–Crippen MR) is 450 cm³/mol. The van der Waals surface area contributed by atoms with Crippen LogP contribution in [-0.2, 0) is 6.42 Å². The molecule has 8 nitrogen and oxygen atoms in total. The fourth-order valence-electron chi connectivity index (χ4n) is 14.0. The molecule has 12 aromatic carbocycles. The molecule has 0 fully saturated rings. The van der Waals surface area contributed by atoms with E-state index in [4.69, 9.17) is 104 Å². The number of hydrogen-bond donors (Lipinski definition) is 4. The highest BCUT2D eigenvalue weighted by Gasteiger charge is 2.25. The van der Waals surface area contributed by atoms with Crippen molar-refractivity contribution in [3.8, 4) is 89.0 Å². The molecule has 0 atom stereocenters. The van der Waals surface area contributed by atoms with Gasteiger partial charge in [0, 0.05) is 79.2 Å². The number of hydrogen-bond acceptors (Lipinski definition) is 4. The number of aromatic nitrogens is 4. The largest absolute Gasteiger partial charge is 0.328 e. The molecule has 21 heteroatoms. The Labute approximate surface area is 672 Å². The Bertz CT molecular complexity index is 6360. The van der Waals surface area contributed by atoms with Gasteiger partial charge >= 0.3 is 0 Å². The molecule has 0 saturated carbocycles. The van der Waals surface area contributed by atoms with Gasteiger partial charge in [-0.15, -0.1) is 0 Å². The Kier molecular flexibility index (Phi) is 23.5. The zero-order chi connectivity index (χ0) is 78.1. The van der Waals surface area contributed by atoms with Gasteiger partial charge < -0.3 is 19.9 Å². The van der Waals surface area contributed by atoms with E-state index in [-0.39, 0.29) is 45.0 Å². The summed E-state index contributed by atoms with van der Waals surface area (Å²) in [5.41, 5.74) is 11.9. The van der Waals surface area contributed by atoms with E-state index in [1.807, 2.05) is 86.6 Å². The van der Waals surface area contributed by atoms with Gasteiger partial charge in [0.2, 0.25) is 0 Å². The number of benzene rings is 12. The van der Waals surface area contributed by atoms with Crippen LogP contribution in [0, 0.1) is 44.0 Å². The lowest BCUT2D eigenvalue weighted by Crippen LogP contribution is -2.09. The van der Waals surface area contributed by atoms with E-state index in [2.05, 4.69) is 26.9 Å². The van der Waals surface area contributed by atoms with Gasteiger partial charge in [0.25, 0.3) is 22.2 Å². The van der Waals surface area contributed by atoms with Crippen molar-refractivity contribution >= 4 is 147 Å². The SMILES string of the molecule is CCc1c(Cl)cccc1-c1cccc2c(-c3c(Cl)cccc3Cl)c(=O)[nH]cc12.Cc1cc(F)ccc1-c1cccc2c(-c3c(Cl)cccc3Cl)c(=O)[nH]cc12.Cc1cc(F)ccc1-c1cccc2c(-c3c(Cl)cccc3Cl)c(=O)[nH]cc12.Cc1ccc(F)c(F)c1-c1cccc2c(-c3c(Cl)cccc3Cl)c(=O)[nH]cc12. The normalized spacial score (nSPS) is 11.1. The van der Waals surface area contributed by atoms with Crippen LogP contribution in [0.25, 0.3) is 132 Å². The first-order chi connectivity index (χ1) is 52.9. The first-order valence-corrected chi connectivity index (χ1v) is 37.4. The third kappa shape index (κ3) is 15.3. The minimum absolute atomic E-state index is 0.147. The van der Waals surface area contributed by atoms with Crippen molar-refractivity contribution in [2.45, 2.75) is 34.1 Å². The molecule has 0 saturated heterocycles. The van der Waals surface area contributed by atoms with Gasteiger partial charge in [-0.3, -0.25) is 19.2 Å². The number of nitrogens with one attached hydrogen (secondary N) is 4. The molecule has 0 aliphatic carbocycles. The third-order valence-electron chi connectivity index (χ3n) is 18.9. The molecule has 16 aromatic rings. The van der Waals surface area contributed by atoms with E-state index in [0.717, 1.165) is 99.9 Å². The maximum Gasteiger partial charge on any atom is 0.256 e. The predicted octanol–water partition coefficient (Wildman–Crippen LogP) is 27.4. The van der Waals surface area contributed by atoms with Gasteiger partial charge in [-0.1, -0.05) is 239 Å². The molecule has 4 aromatic heterocycles. The quantitative estimate of drug-likeness (QED) is 0.107. The highest BCUT2D eigenvalue weighted by Crippen LogP contribution is 2.45. The first kappa shape index (κ1) is 77.9. The molecule has 0 unspecified atom stereocenters. The molecule has 110 heavy (non-hydrogen) atoms. The number of pyridine rings is 4. The summed E-state index contributed by atoms with van der Waals surface area (Å²) in [6, 6.07) is 60.6. The summed E-state index contributed by atoms with van der Waals surface area (Å²) in [6.45, 7) is 7.49. The van der Waals surface area contributed by atoms with Crippen molar-refractivity contribution in [1.82, 2.24) is 19.9 Å². The standard InChI is InChI=1S/C23H16Cl3NO.C22H13Cl2F2NO.2C22H14Cl2FNO/c1-2-13-14(7-4-9-18(13)24)15-6-3-8-16-17(15)12-27-23(28)21(16)22-19(25)10-5-11-20(22)26;1-11-8-9-17(25)21(26)18(11)12-4-2-5-13-14(12)10-27-22(28)19(13)20-15(23)6-3-7-16(20)24;2*1-12-10-13(25)8-9-14(12)15-4-2-5-16-17(15)11-26-22(27)20(16)21-18(23)6-3-7-19(21)24/h3-12H,2H2,1H3,(H,27,28);2-10H,1H3,(H,27,28);2*2-11H,1H3,(H,26,27). The minimum Gasteiger partial charge on any atom is -0.328 e. The van der Waals surface area contributed by atoms with Crippen LogP contribution in [0.1, 0.15) is 29.2 Å². The Morgan fingerprint density at radius 1 is 0.264 bits per heavy atom. The second kappa shape index (κ2) is 33.2. The maximum absolute atomic E-state index is 14.6. The lowest BCUT2D eigenvalue weighted by molar-refractivity contribution is 0.510. The number of fused-ring (bicyclic) bond motifs is 4. The highest BCUT2D eigenvalue weighted by molar-refractivity contribution is 6.42. The van der Waals surface area contributed by atoms with Crippen LogP contribution < -0.4 is 22.2 Å². The monoisotopic (exact) mass is 1640 g/mol. The molecule has 4 N–H and O–H groups in total. The van der Waals surface area contributed by atoms with Crippen molar-refractivity contribution in [3.63, 3.8) is 0 Å². The van der Waals surface area contributed by atoms with Crippen molar-refractivity contribution < 1.29 is 17.6 Å². The second-order valence-electron chi connectivity index (χ2n) is 25.5. The van der Waals surface area contributed by atoms with Gasteiger partial charge in [0.15, 0.2) is 11.6 Å². The fourth-order valence-corrected chi connectivity index (χ4v) is 16.6. The first-order valence-electron chi connectivity index (χ1n) is 34.0.